The molecule has 0 aliphatic heterocycles. The van der Waals surface area contributed by atoms with Crippen LogP contribution in [0.1, 0.15) is 12.5 Å². The predicted molar refractivity (Wildman–Crippen MR) is 52.3 cm³/mol. The van der Waals surface area contributed by atoms with Crippen LogP contribution in [-0.2, 0) is 16.1 Å². The molecule has 0 spiro atoms. The molecule has 1 aromatic carbocycles. The summed E-state index contributed by atoms with van der Waals surface area (Å²) in [6.45, 7) is 8.41. The van der Waals surface area contributed by atoms with Gasteiger partial charge in [-0.2, -0.15) is 0 Å². The lowest BCUT2D eigenvalue weighted by atomic mass is 10.2. The molecular weight excluding hydrogens is 178 g/mol. The smallest absolute Gasteiger partial charge is 0.390 e. The van der Waals surface area contributed by atoms with E-state index in [1.807, 2.05) is 30.3 Å². The van der Waals surface area contributed by atoms with Crippen LogP contribution in [0.4, 0.5) is 0 Å². The van der Waals surface area contributed by atoms with Crippen LogP contribution in [0.5, 0.6) is 0 Å². The van der Waals surface area contributed by atoms with Gasteiger partial charge in [0.25, 0.3) is 0 Å². The summed E-state index contributed by atoms with van der Waals surface area (Å²) < 4.78 is 4.93. The van der Waals surface area contributed by atoms with E-state index in [0.717, 1.165) is 5.56 Å². The van der Waals surface area contributed by atoms with Crippen LogP contribution >= 0.6 is 0 Å². The fraction of sp³-hybridized carbons (Fsp3) is 0.273. The first-order valence-electron chi connectivity index (χ1n) is 4.31. The van der Waals surface area contributed by atoms with Gasteiger partial charge < -0.3 is 9.58 Å². The summed E-state index contributed by atoms with van der Waals surface area (Å²) in [7, 11) is 0. The van der Waals surface area contributed by atoms with Crippen LogP contribution in [0.3, 0.4) is 0 Å². The summed E-state index contributed by atoms with van der Waals surface area (Å²) in [5.41, 5.74) is 0.929. The first-order valence-corrected chi connectivity index (χ1v) is 4.31. The molecule has 14 heavy (non-hydrogen) atoms. The molecule has 72 valence electrons. The van der Waals surface area contributed by atoms with Gasteiger partial charge in [-0.05, 0) is 5.56 Å². The average Bonchev–Trinajstić information content (AvgIpc) is 2.26. The summed E-state index contributed by atoms with van der Waals surface area (Å²) in [5.74, 6) is -0.469. The molecule has 1 aromatic rings. The Balaban J connectivity index is 2.43. The monoisotopic (exact) mass is 189 g/mol. The highest BCUT2D eigenvalue weighted by Gasteiger charge is 2.17. The minimum Gasteiger partial charge on any atom is -0.455 e. The quantitative estimate of drug-likeness (QED) is 0.538. The van der Waals surface area contributed by atoms with Crippen molar-refractivity contribution >= 4 is 5.97 Å². The van der Waals surface area contributed by atoms with Crippen LogP contribution in [-0.4, -0.2) is 12.0 Å². The first kappa shape index (κ1) is 10.3. The third-order valence-electron chi connectivity index (χ3n) is 1.76. The van der Waals surface area contributed by atoms with Crippen LogP contribution in [0, 0.1) is 6.57 Å². The normalized spacial score (nSPS) is 11.4. The highest BCUT2D eigenvalue weighted by Crippen LogP contribution is 2.02. The van der Waals surface area contributed by atoms with Crippen molar-refractivity contribution in [1.82, 2.24) is 0 Å². The maximum atomic E-state index is 11.1. The van der Waals surface area contributed by atoms with E-state index in [9.17, 15) is 4.79 Å². The van der Waals surface area contributed by atoms with E-state index in [1.54, 1.807) is 0 Å². The Morgan fingerprint density at radius 3 is 2.71 bits per heavy atom. The molecule has 1 rings (SSSR count). The molecule has 0 radical (unpaired) electrons. The second kappa shape index (κ2) is 5.03. The number of hydrogen-bond donors (Lipinski definition) is 0. The molecular formula is C11H11NO2. The van der Waals surface area contributed by atoms with E-state index in [4.69, 9.17) is 11.3 Å². The molecule has 0 heterocycles. The zero-order valence-electron chi connectivity index (χ0n) is 7.93. The minimum atomic E-state index is -0.710. The summed E-state index contributed by atoms with van der Waals surface area (Å²) in [4.78, 5) is 14.2. The lowest BCUT2D eigenvalue weighted by Crippen LogP contribution is -2.16. The Kier molecular flexibility index (Phi) is 3.69. The number of rotatable bonds is 3. The van der Waals surface area contributed by atoms with Gasteiger partial charge in [0.1, 0.15) is 6.61 Å². The Labute approximate surface area is 83.1 Å². The third kappa shape index (κ3) is 2.91. The van der Waals surface area contributed by atoms with Crippen LogP contribution in [0.2, 0.25) is 0 Å². The van der Waals surface area contributed by atoms with E-state index in [2.05, 4.69) is 4.85 Å². The molecule has 1 atom stereocenters. The van der Waals surface area contributed by atoms with Crippen molar-refractivity contribution in [2.45, 2.75) is 19.6 Å². The second-order valence-corrected chi connectivity index (χ2v) is 2.90. The van der Waals surface area contributed by atoms with Crippen molar-refractivity contribution in [3.8, 4) is 0 Å². The Hall–Kier alpha value is -1.82. The molecule has 0 unspecified atom stereocenters. The van der Waals surface area contributed by atoms with Crippen LogP contribution in [0.15, 0.2) is 30.3 Å². The largest absolute Gasteiger partial charge is 0.455 e. The Bertz CT molecular complexity index is 340. The highest BCUT2D eigenvalue weighted by molar-refractivity contribution is 5.77. The molecule has 0 saturated carbocycles. The van der Waals surface area contributed by atoms with Crippen molar-refractivity contribution in [3.05, 3.63) is 47.3 Å². The number of carbonyl (C=O) groups is 1. The van der Waals surface area contributed by atoms with Crippen molar-refractivity contribution in [2.24, 2.45) is 0 Å². The maximum Gasteiger partial charge on any atom is 0.390 e. The van der Waals surface area contributed by atoms with Gasteiger partial charge >= 0.3 is 12.0 Å². The number of ether oxygens (including phenoxy) is 1. The Morgan fingerprint density at radius 1 is 1.50 bits per heavy atom. The minimum absolute atomic E-state index is 0.236. The molecule has 0 aliphatic carbocycles. The van der Waals surface area contributed by atoms with E-state index in [1.165, 1.54) is 6.92 Å². The Morgan fingerprint density at radius 2 is 2.14 bits per heavy atom. The summed E-state index contributed by atoms with van der Waals surface area (Å²) >= 11 is 0. The number of nitrogens with zero attached hydrogens (tertiary/aromatic N) is 1. The fourth-order valence-electron chi connectivity index (χ4n) is 0.902. The molecule has 0 saturated heterocycles. The molecule has 0 bridgehead atoms. The molecule has 0 aliphatic rings. The molecule has 3 nitrogen and oxygen atoms in total. The number of esters is 1. The van der Waals surface area contributed by atoms with Crippen molar-refractivity contribution in [1.29, 1.82) is 0 Å². The van der Waals surface area contributed by atoms with Gasteiger partial charge in [-0.25, -0.2) is 11.4 Å². The molecule has 0 aromatic heterocycles. The van der Waals surface area contributed by atoms with E-state index in [-0.39, 0.29) is 6.61 Å². The predicted octanol–water partition coefficient (Wildman–Crippen LogP) is 2.04. The van der Waals surface area contributed by atoms with E-state index < -0.39 is 12.0 Å². The average molecular weight is 189 g/mol. The second-order valence-electron chi connectivity index (χ2n) is 2.90. The van der Waals surface area contributed by atoms with Gasteiger partial charge in [0.15, 0.2) is 0 Å². The summed E-state index contributed by atoms with van der Waals surface area (Å²) in [5, 5.41) is 0. The number of hydrogen-bond acceptors (Lipinski definition) is 2. The van der Waals surface area contributed by atoms with Gasteiger partial charge in [0, 0.05) is 6.92 Å². The zero-order chi connectivity index (χ0) is 10.4. The lowest BCUT2D eigenvalue weighted by molar-refractivity contribution is -0.145. The maximum absolute atomic E-state index is 11.1. The summed E-state index contributed by atoms with van der Waals surface area (Å²) in [6, 6.07) is 8.68. The van der Waals surface area contributed by atoms with Gasteiger partial charge in [-0.15, -0.1) is 0 Å². The molecule has 0 fully saturated rings. The van der Waals surface area contributed by atoms with E-state index in [0.29, 0.717) is 0 Å². The SMILES string of the molecule is [C-]#[N+][C@H](C)C(=O)OCc1ccccc1. The van der Waals surface area contributed by atoms with Crippen LogP contribution < -0.4 is 0 Å². The molecule has 3 heteroatoms. The molecule has 0 N–H and O–H groups in total. The van der Waals surface area contributed by atoms with Gasteiger partial charge in [0.2, 0.25) is 0 Å². The van der Waals surface area contributed by atoms with Crippen molar-refractivity contribution < 1.29 is 9.53 Å². The van der Waals surface area contributed by atoms with Gasteiger partial charge in [0.05, 0.1) is 0 Å². The van der Waals surface area contributed by atoms with E-state index >= 15 is 0 Å². The number of carbonyl (C=O) groups excluding carboxylic acids is 1. The van der Waals surface area contributed by atoms with Crippen molar-refractivity contribution in [3.63, 3.8) is 0 Å². The fourth-order valence-corrected chi connectivity index (χ4v) is 0.902. The standard InChI is InChI=1S/C11H11NO2/c1-9(12-2)11(13)14-8-10-6-4-3-5-7-10/h3-7,9H,8H2,1H3/t9-/m1/s1. The lowest BCUT2D eigenvalue weighted by Gasteiger charge is -2.03. The number of benzene rings is 1. The van der Waals surface area contributed by atoms with Crippen molar-refractivity contribution in [2.75, 3.05) is 0 Å². The third-order valence-corrected chi connectivity index (χ3v) is 1.76. The zero-order valence-corrected chi connectivity index (χ0v) is 7.93. The first-order chi connectivity index (χ1) is 6.74. The highest BCUT2D eigenvalue weighted by atomic mass is 16.5. The van der Waals surface area contributed by atoms with Crippen LogP contribution in [0.25, 0.3) is 4.85 Å². The van der Waals surface area contributed by atoms with Gasteiger partial charge in [-0.3, -0.25) is 0 Å². The van der Waals surface area contributed by atoms with Gasteiger partial charge in [-0.1, -0.05) is 30.3 Å². The topological polar surface area (TPSA) is 30.7 Å². The molecule has 0 amide bonds. The summed E-state index contributed by atoms with van der Waals surface area (Å²) in [6.07, 6.45) is 0.